The van der Waals surface area contributed by atoms with Crippen LogP contribution in [0.15, 0.2) is 37.1 Å². The predicted octanol–water partition coefficient (Wildman–Crippen LogP) is 5.32. The van der Waals surface area contributed by atoms with E-state index in [-0.39, 0.29) is 0 Å². The molecule has 0 aromatic heterocycles. The lowest BCUT2D eigenvalue weighted by atomic mass is 9.39. The molecule has 1 aliphatic rings. The summed E-state index contributed by atoms with van der Waals surface area (Å²) in [6.07, 6.45) is 11.4. The average Bonchev–Trinajstić information content (AvgIpc) is 2.58. The third-order valence-corrected chi connectivity index (χ3v) is 5.29. The topological polar surface area (TPSA) is 12.0 Å². The maximum atomic E-state index is 5.36. The minimum Gasteiger partial charge on any atom is -0.393 e. The van der Waals surface area contributed by atoms with Crippen molar-refractivity contribution in [2.75, 3.05) is 0 Å². The van der Waals surface area contributed by atoms with Gasteiger partial charge in [0.25, 0.3) is 0 Å². The van der Waals surface area contributed by atoms with E-state index in [2.05, 4.69) is 63.3 Å². The second-order valence-corrected chi connectivity index (χ2v) is 7.92. The minimum atomic E-state index is 0.442. The van der Waals surface area contributed by atoms with E-state index in [1.54, 1.807) is 0 Å². The van der Waals surface area contributed by atoms with E-state index >= 15 is 0 Å². The molecular formula is C23H32BN. The number of terminal acetylenes is 1. The first-order chi connectivity index (χ1) is 11.9. The maximum absolute atomic E-state index is 5.36. The number of hydrogen-bond acceptors (Lipinski definition) is 1. The van der Waals surface area contributed by atoms with Gasteiger partial charge in [-0.3, -0.25) is 0 Å². The highest BCUT2D eigenvalue weighted by atomic mass is 14.9. The molecule has 1 aliphatic heterocycles. The van der Waals surface area contributed by atoms with Crippen LogP contribution >= 0.6 is 0 Å². The maximum Gasteiger partial charge on any atom is 0.168 e. The lowest BCUT2D eigenvalue weighted by Crippen LogP contribution is -2.47. The largest absolute Gasteiger partial charge is 0.393 e. The number of hydrogen-bond donors (Lipinski definition) is 1. The molecule has 0 saturated carbocycles. The van der Waals surface area contributed by atoms with E-state index < -0.39 is 0 Å². The van der Waals surface area contributed by atoms with Crippen molar-refractivity contribution in [3.63, 3.8) is 0 Å². The first-order valence-corrected chi connectivity index (χ1v) is 9.59. The molecule has 1 nitrogen and oxygen atoms in total. The minimum absolute atomic E-state index is 0.442. The Balaban J connectivity index is 2.11. The van der Waals surface area contributed by atoms with Crippen molar-refractivity contribution in [3.05, 3.63) is 53.7 Å². The molecular weight excluding hydrogens is 301 g/mol. The highest BCUT2D eigenvalue weighted by Crippen LogP contribution is 2.31. The molecule has 1 heterocycles. The van der Waals surface area contributed by atoms with Crippen molar-refractivity contribution in [2.45, 2.75) is 65.0 Å². The van der Waals surface area contributed by atoms with Gasteiger partial charge >= 0.3 is 0 Å². The van der Waals surface area contributed by atoms with Crippen LogP contribution in [0.25, 0.3) is 5.57 Å². The third-order valence-electron chi connectivity index (χ3n) is 5.29. The summed E-state index contributed by atoms with van der Waals surface area (Å²) in [6, 6.07) is 6.72. The van der Waals surface area contributed by atoms with Gasteiger partial charge in [0.1, 0.15) is 0 Å². The number of benzene rings is 1. The van der Waals surface area contributed by atoms with E-state index in [1.165, 1.54) is 28.7 Å². The summed E-state index contributed by atoms with van der Waals surface area (Å²) < 4.78 is 0. The summed E-state index contributed by atoms with van der Waals surface area (Å²) in [4.78, 5) is 0. The van der Waals surface area contributed by atoms with Gasteiger partial charge in [-0.05, 0) is 60.2 Å². The molecule has 0 aliphatic carbocycles. The third kappa shape index (κ3) is 5.30. The number of nitrogens with one attached hydrogen (secondary N) is 1. The highest BCUT2D eigenvalue weighted by Gasteiger charge is 2.29. The molecule has 0 bridgehead atoms. The van der Waals surface area contributed by atoms with Crippen molar-refractivity contribution in [3.8, 4) is 12.3 Å². The zero-order valence-electron chi connectivity index (χ0n) is 16.2. The number of allylic oxidation sites excluding steroid dienone is 2. The Morgan fingerprint density at radius 3 is 2.80 bits per heavy atom. The van der Waals surface area contributed by atoms with E-state index in [1.807, 2.05) is 0 Å². The fourth-order valence-corrected chi connectivity index (χ4v) is 3.65. The van der Waals surface area contributed by atoms with Crippen LogP contribution in [0.5, 0.6) is 0 Å². The molecule has 0 radical (unpaired) electrons. The van der Waals surface area contributed by atoms with Gasteiger partial charge in [0, 0.05) is 18.1 Å². The molecule has 0 saturated heterocycles. The SMILES string of the molecule is C#CCCC(=C)NC1Cc2cccc(C(=C)CCC(C)C)c2CB1C. The van der Waals surface area contributed by atoms with Gasteiger partial charge in [-0.2, -0.15) is 0 Å². The molecule has 0 amide bonds. The van der Waals surface area contributed by atoms with Crippen LogP contribution in [0.1, 0.15) is 56.2 Å². The lowest BCUT2D eigenvalue weighted by Gasteiger charge is -2.32. The van der Waals surface area contributed by atoms with Crippen LogP contribution in [0.2, 0.25) is 6.82 Å². The van der Waals surface area contributed by atoms with Gasteiger partial charge in [-0.15, -0.1) is 12.3 Å². The lowest BCUT2D eigenvalue weighted by molar-refractivity contribution is 0.599. The van der Waals surface area contributed by atoms with Crippen molar-refractivity contribution in [1.29, 1.82) is 0 Å². The first-order valence-electron chi connectivity index (χ1n) is 9.59. The second-order valence-electron chi connectivity index (χ2n) is 7.92. The molecule has 2 heteroatoms. The van der Waals surface area contributed by atoms with Gasteiger partial charge in [0.05, 0.1) is 0 Å². The fourth-order valence-electron chi connectivity index (χ4n) is 3.65. The number of fused-ring (bicyclic) bond motifs is 1. The van der Waals surface area contributed by atoms with Gasteiger partial charge in [-0.25, -0.2) is 0 Å². The molecule has 25 heavy (non-hydrogen) atoms. The van der Waals surface area contributed by atoms with Crippen molar-refractivity contribution >= 4 is 12.3 Å². The van der Waals surface area contributed by atoms with E-state index in [9.17, 15) is 0 Å². The van der Waals surface area contributed by atoms with Gasteiger partial charge in [0.15, 0.2) is 6.71 Å². The Morgan fingerprint density at radius 2 is 2.12 bits per heavy atom. The summed E-state index contributed by atoms with van der Waals surface area (Å²) in [5.74, 6) is 3.85. The van der Waals surface area contributed by atoms with Crippen molar-refractivity contribution < 1.29 is 0 Å². The van der Waals surface area contributed by atoms with Crippen LogP contribution in [-0.4, -0.2) is 12.7 Å². The van der Waals surface area contributed by atoms with Crippen molar-refractivity contribution in [1.82, 2.24) is 5.32 Å². The smallest absolute Gasteiger partial charge is 0.168 e. The molecule has 2 rings (SSSR count). The van der Waals surface area contributed by atoms with Crippen molar-refractivity contribution in [2.24, 2.45) is 5.92 Å². The molecule has 1 N–H and O–H groups in total. The normalized spacial score (nSPS) is 16.3. The van der Waals surface area contributed by atoms with Crippen LogP contribution in [0, 0.1) is 18.3 Å². The summed E-state index contributed by atoms with van der Waals surface area (Å²) in [5.41, 5.74) is 6.72. The van der Waals surface area contributed by atoms with Gasteiger partial charge in [-0.1, -0.05) is 52.0 Å². The molecule has 0 fully saturated rings. The number of rotatable bonds is 8. The Morgan fingerprint density at radius 1 is 1.36 bits per heavy atom. The predicted molar refractivity (Wildman–Crippen MR) is 113 cm³/mol. The molecule has 1 unspecified atom stereocenters. The molecule has 132 valence electrons. The summed E-state index contributed by atoms with van der Waals surface area (Å²) in [6.45, 7) is 16.0. The second kappa shape index (κ2) is 9.00. The molecule has 1 aromatic rings. The van der Waals surface area contributed by atoms with Crippen LogP contribution in [0.3, 0.4) is 0 Å². The fraction of sp³-hybridized carbons (Fsp3) is 0.478. The first kappa shape index (κ1) is 19.4. The molecule has 1 aromatic carbocycles. The van der Waals surface area contributed by atoms with E-state index in [0.29, 0.717) is 12.7 Å². The molecule has 1 atom stereocenters. The highest BCUT2D eigenvalue weighted by molar-refractivity contribution is 6.59. The van der Waals surface area contributed by atoms with Crippen LogP contribution in [0.4, 0.5) is 0 Å². The molecule has 0 spiro atoms. The average molecular weight is 333 g/mol. The monoisotopic (exact) mass is 333 g/mol. The Hall–Kier alpha value is -1.88. The summed E-state index contributed by atoms with van der Waals surface area (Å²) in [5, 5.41) is 3.62. The Labute approximate surface area is 155 Å². The van der Waals surface area contributed by atoms with E-state index in [4.69, 9.17) is 6.42 Å². The van der Waals surface area contributed by atoms with Crippen LogP contribution in [-0.2, 0) is 12.7 Å². The zero-order chi connectivity index (χ0) is 18.4. The van der Waals surface area contributed by atoms with E-state index in [0.717, 1.165) is 43.6 Å². The van der Waals surface area contributed by atoms with Crippen LogP contribution < -0.4 is 5.32 Å². The quantitative estimate of drug-likeness (QED) is 0.501. The summed E-state index contributed by atoms with van der Waals surface area (Å²) >= 11 is 0. The Kier molecular flexibility index (Phi) is 7.00. The van der Waals surface area contributed by atoms with Gasteiger partial charge in [0.2, 0.25) is 0 Å². The standard InChI is InChI=1S/C23H32BN/c1-7-8-10-19(5)25-23-15-20-11-9-12-21(22(20)16-24(23)6)18(4)14-13-17(2)3/h1,9,11-12,17,23,25H,4-5,8,10,13-16H2,2-3,6H3. The van der Waals surface area contributed by atoms with Gasteiger partial charge < -0.3 is 5.32 Å². The Bertz CT molecular complexity index is 665. The zero-order valence-corrected chi connectivity index (χ0v) is 16.2. The summed E-state index contributed by atoms with van der Waals surface area (Å²) in [7, 11) is 0.